The molecule has 98 valence electrons. The molecule has 3 rings (SSSR count). The number of rotatable bonds is 1. The average molecular weight is 262 g/mol. The zero-order valence-electron chi connectivity index (χ0n) is 10.4. The number of benzene rings is 1. The second kappa shape index (κ2) is 4.26. The molecule has 1 aliphatic carbocycles. The van der Waals surface area contributed by atoms with E-state index in [2.05, 4.69) is 5.10 Å². The topological polar surface area (TPSA) is 34.9 Å². The number of aromatic nitrogens is 2. The number of carbonyl (C=O) groups excluding carboxylic acids is 1. The summed E-state index contributed by atoms with van der Waals surface area (Å²) in [5.74, 6) is -1.26. The van der Waals surface area contributed by atoms with Crippen LogP contribution in [0.3, 0.4) is 0 Å². The minimum Gasteiger partial charge on any atom is -0.294 e. The van der Waals surface area contributed by atoms with Gasteiger partial charge in [-0.1, -0.05) is 0 Å². The Balaban J connectivity index is 2.21. The lowest BCUT2D eigenvalue weighted by Crippen LogP contribution is -2.13. The Morgan fingerprint density at radius 1 is 1.26 bits per heavy atom. The van der Waals surface area contributed by atoms with Crippen molar-refractivity contribution in [3.05, 3.63) is 46.8 Å². The van der Waals surface area contributed by atoms with Gasteiger partial charge in [0.05, 0.1) is 17.0 Å². The first kappa shape index (κ1) is 12.0. The van der Waals surface area contributed by atoms with Crippen molar-refractivity contribution in [2.75, 3.05) is 0 Å². The van der Waals surface area contributed by atoms with Crippen molar-refractivity contribution in [3.63, 3.8) is 0 Å². The maximum atomic E-state index is 13.8. The normalized spacial score (nSPS) is 14.6. The lowest BCUT2D eigenvalue weighted by atomic mass is 9.94. The summed E-state index contributed by atoms with van der Waals surface area (Å²) >= 11 is 0. The van der Waals surface area contributed by atoms with Gasteiger partial charge >= 0.3 is 0 Å². The van der Waals surface area contributed by atoms with E-state index in [-0.39, 0.29) is 11.5 Å². The molecule has 0 unspecified atom stereocenters. The SMILES string of the molecule is Cc1nn(-c2ccc(F)cc2F)c2c1C(=O)CCC2. The van der Waals surface area contributed by atoms with Crippen molar-refractivity contribution in [3.8, 4) is 5.69 Å². The molecule has 1 heterocycles. The van der Waals surface area contributed by atoms with E-state index < -0.39 is 11.6 Å². The molecule has 0 aliphatic heterocycles. The van der Waals surface area contributed by atoms with Crippen molar-refractivity contribution in [1.82, 2.24) is 9.78 Å². The fourth-order valence-electron chi connectivity index (χ4n) is 2.56. The number of ketones is 1. The van der Waals surface area contributed by atoms with Crippen LogP contribution in [-0.4, -0.2) is 15.6 Å². The fraction of sp³-hybridized carbons (Fsp3) is 0.286. The maximum absolute atomic E-state index is 13.8. The molecule has 0 fully saturated rings. The quantitative estimate of drug-likeness (QED) is 0.792. The third-order valence-electron chi connectivity index (χ3n) is 3.39. The van der Waals surface area contributed by atoms with E-state index >= 15 is 0 Å². The number of Topliss-reactive ketones (excluding diaryl/α,β-unsaturated/α-hetero) is 1. The predicted octanol–water partition coefficient (Wildman–Crippen LogP) is 2.98. The van der Waals surface area contributed by atoms with Gasteiger partial charge in [0.25, 0.3) is 0 Å². The number of fused-ring (bicyclic) bond motifs is 1. The maximum Gasteiger partial charge on any atom is 0.166 e. The second-order valence-electron chi connectivity index (χ2n) is 4.69. The molecule has 0 spiro atoms. The van der Waals surface area contributed by atoms with Crippen LogP contribution in [0.4, 0.5) is 8.78 Å². The number of hydrogen-bond acceptors (Lipinski definition) is 2. The number of nitrogens with zero attached hydrogens (tertiary/aromatic N) is 2. The van der Waals surface area contributed by atoms with Gasteiger partial charge < -0.3 is 0 Å². The molecule has 1 aromatic carbocycles. The van der Waals surface area contributed by atoms with Crippen molar-refractivity contribution in [2.24, 2.45) is 0 Å². The molecule has 19 heavy (non-hydrogen) atoms. The Hall–Kier alpha value is -2.04. The standard InChI is InChI=1S/C14H12F2N2O/c1-8-14-12(3-2-4-13(14)19)18(17-8)11-6-5-9(15)7-10(11)16/h5-7H,2-4H2,1H3. The van der Waals surface area contributed by atoms with E-state index in [1.807, 2.05) is 0 Å². The highest BCUT2D eigenvalue weighted by Crippen LogP contribution is 2.27. The minimum atomic E-state index is -0.677. The largest absolute Gasteiger partial charge is 0.294 e. The van der Waals surface area contributed by atoms with Gasteiger partial charge in [-0.3, -0.25) is 4.79 Å². The molecule has 0 saturated heterocycles. The molecule has 0 bridgehead atoms. The third kappa shape index (κ3) is 1.85. The Labute approximate surface area is 108 Å². The van der Waals surface area contributed by atoms with Crippen LogP contribution in [0.15, 0.2) is 18.2 Å². The van der Waals surface area contributed by atoms with Crippen LogP contribution >= 0.6 is 0 Å². The first-order valence-corrected chi connectivity index (χ1v) is 6.15. The Bertz CT molecular complexity index is 676. The van der Waals surface area contributed by atoms with E-state index in [0.717, 1.165) is 18.2 Å². The van der Waals surface area contributed by atoms with Gasteiger partial charge in [-0.15, -0.1) is 0 Å². The number of halogens is 2. The zero-order chi connectivity index (χ0) is 13.6. The lowest BCUT2D eigenvalue weighted by molar-refractivity contribution is 0.0971. The molecule has 0 saturated carbocycles. The molecule has 1 aromatic heterocycles. The summed E-state index contributed by atoms with van der Waals surface area (Å²) in [6.07, 6.45) is 1.92. The van der Waals surface area contributed by atoms with E-state index in [4.69, 9.17) is 0 Å². The van der Waals surface area contributed by atoms with Crippen LogP contribution < -0.4 is 0 Å². The first-order chi connectivity index (χ1) is 9.08. The van der Waals surface area contributed by atoms with Crippen LogP contribution in [0.25, 0.3) is 5.69 Å². The summed E-state index contributed by atoms with van der Waals surface area (Å²) in [6.45, 7) is 1.74. The predicted molar refractivity (Wildman–Crippen MR) is 65.5 cm³/mol. The van der Waals surface area contributed by atoms with Gasteiger partial charge in [-0.25, -0.2) is 13.5 Å². The van der Waals surface area contributed by atoms with Gasteiger partial charge in [0.2, 0.25) is 0 Å². The van der Waals surface area contributed by atoms with Gasteiger partial charge in [0, 0.05) is 12.5 Å². The molecule has 0 atom stereocenters. The monoisotopic (exact) mass is 262 g/mol. The van der Waals surface area contributed by atoms with E-state index in [0.29, 0.717) is 24.1 Å². The van der Waals surface area contributed by atoms with Crippen LogP contribution in [0.2, 0.25) is 0 Å². The molecule has 0 radical (unpaired) electrons. The Morgan fingerprint density at radius 2 is 2.05 bits per heavy atom. The second-order valence-corrected chi connectivity index (χ2v) is 4.69. The van der Waals surface area contributed by atoms with E-state index in [9.17, 15) is 13.6 Å². The molecule has 2 aromatic rings. The molecular weight excluding hydrogens is 250 g/mol. The van der Waals surface area contributed by atoms with Gasteiger partial charge in [0.15, 0.2) is 11.6 Å². The summed E-state index contributed by atoms with van der Waals surface area (Å²) in [5, 5.41) is 4.24. The Kier molecular flexibility index (Phi) is 2.69. The number of aryl methyl sites for hydroxylation is 1. The third-order valence-corrected chi connectivity index (χ3v) is 3.39. The van der Waals surface area contributed by atoms with Crippen LogP contribution in [-0.2, 0) is 6.42 Å². The average Bonchev–Trinajstić information content (AvgIpc) is 2.68. The fourth-order valence-corrected chi connectivity index (χ4v) is 2.56. The van der Waals surface area contributed by atoms with Crippen molar-refractivity contribution in [1.29, 1.82) is 0 Å². The summed E-state index contributed by atoms with van der Waals surface area (Å²) in [6, 6.07) is 3.35. The Morgan fingerprint density at radius 3 is 2.79 bits per heavy atom. The summed E-state index contributed by atoms with van der Waals surface area (Å²) in [4.78, 5) is 11.9. The van der Waals surface area contributed by atoms with Gasteiger partial charge in [0.1, 0.15) is 11.5 Å². The molecular formula is C14H12F2N2O. The first-order valence-electron chi connectivity index (χ1n) is 6.15. The van der Waals surface area contributed by atoms with Crippen LogP contribution in [0.5, 0.6) is 0 Å². The summed E-state index contributed by atoms with van der Waals surface area (Å²) in [7, 11) is 0. The van der Waals surface area contributed by atoms with Gasteiger partial charge in [-0.05, 0) is 31.9 Å². The number of hydrogen-bond donors (Lipinski definition) is 0. The van der Waals surface area contributed by atoms with Crippen LogP contribution in [0.1, 0.15) is 34.6 Å². The van der Waals surface area contributed by atoms with Crippen molar-refractivity contribution < 1.29 is 13.6 Å². The molecule has 3 nitrogen and oxygen atoms in total. The zero-order valence-corrected chi connectivity index (χ0v) is 10.4. The van der Waals surface area contributed by atoms with Gasteiger partial charge in [-0.2, -0.15) is 5.10 Å². The number of carbonyl (C=O) groups is 1. The highest BCUT2D eigenvalue weighted by molar-refractivity contribution is 5.99. The van der Waals surface area contributed by atoms with E-state index in [1.165, 1.54) is 16.8 Å². The minimum absolute atomic E-state index is 0.0486. The molecule has 1 aliphatic rings. The van der Waals surface area contributed by atoms with Crippen molar-refractivity contribution in [2.45, 2.75) is 26.2 Å². The highest BCUT2D eigenvalue weighted by atomic mass is 19.1. The lowest BCUT2D eigenvalue weighted by Gasteiger charge is -2.13. The van der Waals surface area contributed by atoms with E-state index in [1.54, 1.807) is 6.92 Å². The smallest absolute Gasteiger partial charge is 0.166 e. The summed E-state index contributed by atoms with van der Waals surface area (Å²) < 4.78 is 28.2. The van der Waals surface area contributed by atoms with Crippen LogP contribution in [0, 0.1) is 18.6 Å². The molecule has 0 N–H and O–H groups in total. The van der Waals surface area contributed by atoms with Crippen molar-refractivity contribution >= 4 is 5.78 Å². The summed E-state index contributed by atoms with van der Waals surface area (Å²) in [5.41, 5.74) is 2.10. The molecule has 5 heteroatoms. The highest BCUT2D eigenvalue weighted by Gasteiger charge is 2.26. The molecule has 0 amide bonds.